The summed E-state index contributed by atoms with van der Waals surface area (Å²) in [6, 6.07) is 6.41. The van der Waals surface area contributed by atoms with E-state index in [4.69, 9.17) is 14.2 Å². The number of rotatable bonds is 5. The SMILES string of the molecule is Cc1cc(-c2nc(C(=O)N3CCC(NC4CCOCC4)CC3)c(C)c(N3CCc4ccc(C(F)(F)F)cc4C3)n2)no1. The maximum Gasteiger partial charge on any atom is 0.416 e. The number of piperidine rings is 1. The average molecular weight is 585 g/mol. The number of amides is 1. The summed E-state index contributed by atoms with van der Waals surface area (Å²) in [5, 5.41) is 7.80. The molecule has 224 valence electrons. The second-order valence-corrected chi connectivity index (χ2v) is 11.4. The minimum Gasteiger partial charge on any atom is -0.381 e. The van der Waals surface area contributed by atoms with Gasteiger partial charge in [-0.05, 0) is 69.2 Å². The highest BCUT2D eigenvalue weighted by Crippen LogP contribution is 2.34. The Kier molecular flexibility index (Phi) is 7.93. The summed E-state index contributed by atoms with van der Waals surface area (Å²) in [6.45, 7) is 7.13. The van der Waals surface area contributed by atoms with Crippen LogP contribution in [-0.2, 0) is 23.9 Å². The number of alkyl halides is 3. The number of halogens is 3. The van der Waals surface area contributed by atoms with E-state index in [0.717, 1.165) is 50.5 Å². The van der Waals surface area contributed by atoms with Crippen LogP contribution in [0, 0.1) is 13.8 Å². The largest absolute Gasteiger partial charge is 0.416 e. The van der Waals surface area contributed by atoms with Crippen molar-refractivity contribution < 1.29 is 27.2 Å². The number of carbonyl (C=O) groups excluding carboxylic acids is 1. The topological polar surface area (TPSA) is 96.6 Å². The second kappa shape index (κ2) is 11.6. The predicted octanol–water partition coefficient (Wildman–Crippen LogP) is 4.70. The summed E-state index contributed by atoms with van der Waals surface area (Å²) >= 11 is 0. The monoisotopic (exact) mass is 584 g/mol. The Morgan fingerprint density at radius 2 is 1.71 bits per heavy atom. The molecule has 3 aromatic rings. The number of hydrogen-bond acceptors (Lipinski definition) is 8. The predicted molar refractivity (Wildman–Crippen MR) is 149 cm³/mol. The third-order valence-electron chi connectivity index (χ3n) is 8.50. The summed E-state index contributed by atoms with van der Waals surface area (Å²) < 4.78 is 51.1. The number of fused-ring (bicyclic) bond motifs is 1. The first-order valence-electron chi connectivity index (χ1n) is 14.5. The Morgan fingerprint density at radius 1 is 0.976 bits per heavy atom. The molecule has 3 aliphatic rings. The van der Waals surface area contributed by atoms with E-state index in [1.54, 1.807) is 19.1 Å². The highest BCUT2D eigenvalue weighted by atomic mass is 19.4. The fraction of sp³-hybridized carbons (Fsp3) is 0.533. The van der Waals surface area contributed by atoms with Crippen LogP contribution in [0.5, 0.6) is 0 Å². The lowest BCUT2D eigenvalue weighted by molar-refractivity contribution is -0.137. The molecule has 42 heavy (non-hydrogen) atoms. The van der Waals surface area contributed by atoms with Gasteiger partial charge in [0.05, 0.1) is 5.56 Å². The molecule has 1 amide bonds. The third kappa shape index (κ3) is 6.00. The molecular formula is C30H35F3N6O3. The molecule has 9 nitrogen and oxygen atoms in total. The van der Waals surface area contributed by atoms with Gasteiger partial charge in [0.25, 0.3) is 5.91 Å². The van der Waals surface area contributed by atoms with Gasteiger partial charge < -0.3 is 24.4 Å². The van der Waals surface area contributed by atoms with Crippen molar-refractivity contribution in [3.63, 3.8) is 0 Å². The highest BCUT2D eigenvalue weighted by molar-refractivity contribution is 5.95. The summed E-state index contributed by atoms with van der Waals surface area (Å²) in [5.74, 6) is 1.16. The quantitative estimate of drug-likeness (QED) is 0.461. The van der Waals surface area contributed by atoms with E-state index < -0.39 is 11.7 Å². The summed E-state index contributed by atoms with van der Waals surface area (Å²) in [7, 11) is 0. The van der Waals surface area contributed by atoms with Gasteiger partial charge in [0.2, 0.25) is 0 Å². The zero-order chi connectivity index (χ0) is 29.4. The molecule has 2 saturated heterocycles. The van der Waals surface area contributed by atoms with Gasteiger partial charge in [-0.15, -0.1) is 0 Å². The number of aryl methyl sites for hydroxylation is 1. The number of likely N-dealkylation sites (tertiary alicyclic amines) is 1. The van der Waals surface area contributed by atoms with Gasteiger partial charge in [-0.1, -0.05) is 11.2 Å². The summed E-state index contributed by atoms with van der Waals surface area (Å²) in [5.41, 5.74) is 2.08. The highest BCUT2D eigenvalue weighted by Gasteiger charge is 2.33. The Labute approximate surface area is 242 Å². The van der Waals surface area contributed by atoms with Crippen molar-refractivity contribution in [1.29, 1.82) is 0 Å². The van der Waals surface area contributed by atoms with Crippen molar-refractivity contribution in [2.75, 3.05) is 37.7 Å². The van der Waals surface area contributed by atoms with Gasteiger partial charge in [-0.25, -0.2) is 9.97 Å². The van der Waals surface area contributed by atoms with Crippen LogP contribution in [0.25, 0.3) is 11.5 Å². The Bertz CT molecular complexity index is 1440. The molecule has 6 rings (SSSR count). The van der Waals surface area contributed by atoms with Gasteiger partial charge in [0.1, 0.15) is 17.3 Å². The van der Waals surface area contributed by atoms with Gasteiger partial charge in [0, 0.05) is 63.1 Å². The van der Waals surface area contributed by atoms with E-state index in [2.05, 4.69) is 15.5 Å². The molecule has 12 heteroatoms. The van der Waals surface area contributed by atoms with Gasteiger partial charge >= 0.3 is 6.18 Å². The van der Waals surface area contributed by atoms with Crippen LogP contribution in [0.4, 0.5) is 19.0 Å². The second-order valence-electron chi connectivity index (χ2n) is 11.4. The third-order valence-corrected chi connectivity index (χ3v) is 8.50. The molecule has 1 N–H and O–H groups in total. The first-order valence-corrected chi connectivity index (χ1v) is 14.5. The van der Waals surface area contributed by atoms with Crippen LogP contribution in [0.15, 0.2) is 28.8 Å². The first-order chi connectivity index (χ1) is 20.2. The van der Waals surface area contributed by atoms with Crippen molar-refractivity contribution in [1.82, 2.24) is 25.3 Å². The Balaban J connectivity index is 1.26. The number of hydrogen-bond donors (Lipinski definition) is 1. The van der Waals surface area contributed by atoms with Crippen molar-refractivity contribution in [2.24, 2.45) is 0 Å². The maximum atomic E-state index is 13.9. The number of aromatic nitrogens is 3. The molecule has 0 saturated carbocycles. The lowest BCUT2D eigenvalue weighted by Crippen LogP contribution is -2.49. The molecule has 0 radical (unpaired) electrons. The van der Waals surface area contributed by atoms with E-state index in [1.165, 1.54) is 6.07 Å². The van der Waals surface area contributed by atoms with Crippen molar-refractivity contribution in [3.8, 4) is 11.5 Å². The lowest BCUT2D eigenvalue weighted by atomic mass is 9.96. The lowest BCUT2D eigenvalue weighted by Gasteiger charge is -2.36. The fourth-order valence-electron chi connectivity index (χ4n) is 6.12. The van der Waals surface area contributed by atoms with E-state index >= 15 is 0 Å². The molecule has 3 aliphatic heterocycles. The van der Waals surface area contributed by atoms with Crippen molar-refractivity contribution in [2.45, 2.75) is 70.8 Å². The fourth-order valence-corrected chi connectivity index (χ4v) is 6.12. The zero-order valence-corrected chi connectivity index (χ0v) is 23.8. The average Bonchev–Trinajstić information content (AvgIpc) is 3.43. The van der Waals surface area contributed by atoms with Crippen LogP contribution in [0.2, 0.25) is 0 Å². The molecular weight excluding hydrogens is 549 g/mol. The molecule has 0 atom stereocenters. The number of carbonyl (C=O) groups is 1. The number of nitrogens with zero attached hydrogens (tertiary/aromatic N) is 5. The molecule has 2 aromatic heterocycles. The number of anilines is 1. The van der Waals surface area contributed by atoms with E-state index in [9.17, 15) is 18.0 Å². The molecule has 0 spiro atoms. The Morgan fingerprint density at radius 3 is 2.40 bits per heavy atom. The van der Waals surface area contributed by atoms with Gasteiger partial charge in [-0.2, -0.15) is 13.2 Å². The maximum absolute atomic E-state index is 13.9. The van der Waals surface area contributed by atoms with Gasteiger partial charge in [0.15, 0.2) is 11.5 Å². The zero-order valence-electron chi connectivity index (χ0n) is 23.8. The van der Waals surface area contributed by atoms with Crippen LogP contribution in [0.1, 0.15) is 64.2 Å². The molecule has 5 heterocycles. The van der Waals surface area contributed by atoms with E-state index in [0.29, 0.717) is 66.5 Å². The van der Waals surface area contributed by atoms with E-state index in [-0.39, 0.29) is 24.0 Å². The summed E-state index contributed by atoms with van der Waals surface area (Å²) in [6.07, 6.45) is -0.158. The van der Waals surface area contributed by atoms with Crippen LogP contribution >= 0.6 is 0 Å². The number of nitrogens with one attached hydrogen (secondary N) is 1. The van der Waals surface area contributed by atoms with Gasteiger partial charge in [-0.3, -0.25) is 4.79 Å². The molecule has 0 bridgehead atoms. The van der Waals surface area contributed by atoms with Crippen molar-refractivity contribution >= 4 is 11.7 Å². The van der Waals surface area contributed by atoms with E-state index in [1.807, 2.05) is 16.7 Å². The minimum absolute atomic E-state index is 0.182. The molecule has 1 aromatic carbocycles. The number of benzene rings is 1. The van der Waals surface area contributed by atoms with Crippen LogP contribution < -0.4 is 10.2 Å². The molecule has 0 unspecified atom stereocenters. The van der Waals surface area contributed by atoms with Crippen molar-refractivity contribution in [3.05, 3.63) is 58.0 Å². The first kappa shape index (κ1) is 28.6. The normalized spacial score (nSPS) is 18.8. The minimum atomic E-state index is -4.42. The van der Waals surface area contributed by atoms with Crippen LogP contribution in [-0.4, -0.2) is 70.9 Å². The van der Waals surface area contributed by atoms with Crippen LogP contribution in [0.3, 0.4) is 0 Å². The summed E-state index contributed by atoms with van der Waals surface area (Å²) in [4.78, 5) is 27.1. The smallest absolute Gasteiger partial charge is 0.381 e. The molecule has 0 aliphatic carbocycles. The molecule has 2 fully saturated rings. The standard InChI is InChI=1S/C30H35F3N6O3/c1-18-15-25(37-42-18)27-35-26(29(40)38-11-6-23(7-12-38)34-24-8-13-41-14-9-24)19(2)28(36-27)39-10-5-20-3-4-22(30(31,32)33)16-21(20)17-39/h3-4,15-16,23-24,34H,5-14,17H2,1-2H3. The Hall–Kier alpha value is -3.51. The number of ether oxygens (including phenoxy) is 1.